The van der Waals surface area contributed by atoms with Crippen LogP contribution in [0.1, 0.15) is 37.1 Å². The van der Waals surface area contributed by atoms with E-state index in [9.17, 15) is 8.42 Å². The minimum Gasteiger partial charge on any atom is -0.490 e. The number of nitrogens with zero attached hydrogens (tertiary/aromatic N) is 3. The van der Waals surface area contributed by atoms with E-state index in [0.717, 1.165) is 23.6 Å². The highest BCUT2D eigenvalue weighted by Gasteiger charge is 2.33. The van der Waals surface area contributed by atoms with Crippen molar-refractivity contribution in [3.8, 4) is 5.75 Å². The summed E-state index contributed by atoms with van der Waals surface area (Å²) in [5.41, 5.74) is 2.33. The Balaban J connectivity index is 1.28. The highest BCUT2D eigenvalue weighted by atomic mass is 32.2. The van der Waals surface area contributed by atoms with Gasteiger partial charge in [0.2, 0.25) is 10.0 Å². The number of sulfonamides is 1. The Bertz CT molecular complexity index is 1150. The van der Waals surface area contributed by atoms with Gasteiger partial charge < -0.3 is 9.30 Å². The van der Waals surface area contributed by atoms with E-state index in [1.165, 1.54) is 18.4 Å². The maximum absolute atomic E-state index is 13.0. The lowest BCUT2D eigenvalue weighted by molar-refractivity contribution is 0.137. The van der Waals surface area contributed by atoms with Gasteiger partial charge in [-0.25, -0.2) is 8.42 Å². The molecule has 30 heavy (non-hydrogen) atoms. The molecular weight excluding hydrogens is 400 g/mol. The van der Waals surface area contributed by atoms with Crippen LogP contribution in [0.25, 0.3) is 10.9 Å². The Morgan fingerprint density at radius 3 is 2.57 bits per heavy atom. The lowest BCUT2D eigenvalue weighted by Gasteiger charge is -2.31. The third kappa shape index (κ3) is 3.52. The standard InChI is InChI=1S/C22H28N4O3S/c1-15-22(16(2)24-23-15)30(27,28)26-12-8-18(9-13-26)29-21-5-3-4-20-19(21)10-11-25(20)14-17-6-7-17/h3-5,10-11,17-18H,6-9,12-14H2,1-2H3,(H,23,24). The first-order valence-electron chi connectivity index (χ1n) is 10.7. The van der Waals surface area contributed by atoms with Crippen molar-refractivity contribution in [1.29, 1.82) is 0 Å². The number of ether oxygens (including phenoxy) is 1. The van der Waals surface area contributed by atoms with Crippen molar-refractivity contribution in [3.05, 3.63) is 41.9 Å². The van der Waals surface area contributed by atoms with E-state index >= 15 is 0 Å². The molecule has 1 saturated carbocycles. The first kappa shape index (κ1) is 19.6. The van der Waals surface area contributed by atoms with Crippen molar-refractivity contribution in [3.63, 3.8) is 0 Å². The van der Waals surface area contributed by atoms with Crippen molar-refractivity contribution in [2.75, 3.05) is 13.1 Å². The smallest absolute Gasteiger partial charge is 0.246 e. The number of piperidine rings is 1. The fourth-order valence-electron chi connectivity index (χ4n) is 4.46. The zero-order chi connectivity index (χ0) is 20.9. The topological polar surface area (TPSA) is 80.2 Å². The van der Waals surface area contributed by atoms with E-state index in [-0.39, 0.29) is 6.10 Å². The molecule has 3 heterocycles. The minimum atomic E-state index is -3.53. The molecule has 7 nitrogen and oxygen atoms in total. The second-order valence-corrected chi connectivity index (χ2v) is 10.5. The van der Waals surface area contributed by atoms with E-state index in [1.807, 2.05) is 12.1 Å². The van der Waals surface area contributed by atoms with Gasteiger partial charge in [-0.15, -0.1) is 0 Å². The first-order valence-corrected chi connectivity index (χ1v) is 12.1. The summed E-state index contributed by atoms with van der Waals surface area (Å²) in [7, 11) is -3.53. The van der Waals surface area contributed by atoms with Crippen LogP contribution in [-0.4, -0.2) is 46.7 Å². The van der Waals surface area contributed by atoms with Gasteiger partial charge in [0.05, 0.1) is 16.9 Å². The summed E-state index contributed by atoms with van der Waals surface area (Å²) < 4.78 is 36.3. The van der Waals surface area contributed by atoms with Crippen LogP contribution in [0.3, 0.4) is 0 Å². The average Bonchev–Trinajstić information content (AvgIpc) is 3.35. The van der Waals surface area contributed by atoms with E-state index in [1.54, 1.807) is 18.2 Å². The van der Waals surface area contributed by atoms with E-state index in [2.05, 4.69) is 33.1 Å². The SMILES string of the molecule is Cc1n[nH]c(C)c1S(=O)(=O)N1CCC(Oc2cccc3c2ccn3CC2CC2)CC1. The molecule has 0 atom stereocenters. The molecule has 1 N–H and O–H groups in total. The number of fused-ring (bicyclic) bond motifs is 1. The summed E-state index contributed by atoms with van der Waals surface area (Å²) in [5, 5.41) is 7.96. The number of hydrogen-bond donors (Lipinski definition) is 1. The Kier molecular flexibility index (Phi) is 4.86. The summed E-state index contributed by atoms with van der Waals surface area (Å²) in [6.45, 7) is 5.46. The Morgan fingerprint density at radius 2 is 1.90 bits per heavy atom. The molecule has 0 unspecified atom stereocenters. The van der Waals surface area contributed by atoms with Crippen LogP contribution in [0.15, 0.2) is 35.4 Å². The molecule has 1 saturated heterocycles. The van der Waals surface area contributed by atoms with Crippen LogP contribution in [0.5, 0.6) is 5.75 Å². The van der Waals surface area contributed by atoms with Crippen molar-refractivity contribution in [2.24, 2.45) is 5.92 Å². The van der Waals surface area contributed by atoms with Crippen molar-refractivity contribution < 1.29 is 13.2 Å². The molecule has 160 valence electrons. The molecule has 8 heteroatoms. The molecule has 0 bridgehead atoms. The zero-order valence-corrected chi connectivity index (χ0v) is 18.3. The zero-order valence-electron chi connectivity index (χ0n) is 17.5. The summed E-state index contributed by atoms with van der Waals surface area (Å²) in [6, 6.07) is 8.35. The van der Waals surface area contributed by atoms with Gasteiger partial charge in [-0.3, -0.25) is 5.10 Å². The maximum atomic E-state index is 13.0. The molecule has 2 fully saturated rings. The largest absolute Gasteiger partial charge is 0.490 e. The summed E-state index contributed by atoms with van der Waals surface area (Å²) >= 11 is 0. The Labute approximate surface area is 177 Å². The normalized spacial score (nSPS) is 18.9. The number of aromatic amines is 1. The summed E-state index contributed by atoms with van der Waals surface area (Å²) in [6.07, 6.45) is 6.17. The van der Waals surface area contributed by atoms with Crippen molar-refractivity contribution in [2.45, 2.75) is 57.1 Å². The molecule has 1 aliphatic heterocycles. The van der Waals surface area contributed by atoms with Crippen LogP contribution in [0, 0.1) is 19.8 Å². The predicted molar refractivity (Wildman–Crippen MR) is 115 cm³/mol. The maximum Gasteiger partial charge on any atom is 0.246 e. The van der Waals surface area contributed by atoms with Gasteiger partial charge in [-0.05, 0) is 63.6 Å². The van der Waals surface area contributed by atoms with Crippen LogP contribution < -0.4 is 4.74 Å². The molecule has 1 aromatic carbocycles. The number of aromatic nitrogens is 3. The molecule has 0 radical (unpaired) electrons. The molecule has 0 amide bonds. The monoisotopic (exact) mass is 428 g/mol. The fourth-order valence-corrected chi connectivity index (χ4v) is 6.26. The van der Waals surface area contributed by atoms with Crippen LogP contribution >= 0.6 is 0 Å². The lowest BCUT2D eigenvalue weighted by atomic mass is 10.1. The predicted octanol–water partition coefficient (Wildman–Crippen LogP) is 3.62. The highest BCUT2D eigenvalue weighted by molar-refractivity contribution is 7.89. The number of rotatable bonds is 6. The molecule has 3 aromatic rings. The van der Waals surface area contributed by atoms with Crippen molar-refractivity contribution in [1.82, 2.24) is 19.1 Å². The Hall–Kier alpha value is -2.32. The highest BCUT2D eigenvalue weighted by Crippen LogP contribution is 2.34. The number of aryl methyl sites for hydroxylation is 2. The second kappa shape index (κ2) is 7.42. The van der Waals surface area contributed by atoms with Gasteiger partial charge in [0.15, 0.2) is 0 Å². The lowest BCUT2D eigenvalue weighted by Crippen LogP contribution is -2.42. The van der Waals surface area contributed by atoms with Gasteiger partial charge in [0.25, 0.3) is 0 Å². The van der Waals surface area contributed by atoms with E-state index in [0.29, 0.717) is 42.2 Å². The van der Waals surface area contributed by atoms with E-state index < -0.39 is 10.0 Å². The third-order valence-electron chi connectivity index (χ3n) is 6.28. The van der Waals surface area contributed by atoms with Gasteiger partial charge in [-0.2, -0.15) is 9.40 Å². The second-order valence-electron chi connectivity index (χ2n) is 8.58. The van der Waals surface area contributed by atoms with Gasteiger partial charge in [-0.1, -0.05) is 6.07 Å². The van der Waals surface area contributed by atoms with Crippen LogP contribution in [0.2, 0.25) is 0 Å². The molecule has 2 aliphatic rings. The van der Waals surface area contributed by atoms with Crippen molar-refractivity contribution >= 4 is 20.9 Å². The van der Waals surface area contributed by atoms with E-state index in [4.69, 9.17) is 4.74 Å². The fraction of sp³-hybridized carbons (Fsp3) is 0.500. The minimum absolute atomic E-state index is 0.0142. The van der Waals surface area contributed by atoms with Crippen LogP contribution in [0.4, 0.5) is 0 Å². The first-order chi connectivity index (χ1) is 14.4. The van der Waals surface area contributed by atoms with Gasteiger partial charge in [0, 0.05) is 31.2 Å². The average molecular weight is 429 g/mol. The number of hydrogen-bond acceptors (Lipinski definition) is 4. The molecular formula is C22H28N4O3S. The summed E-state index contributed by atoms with van der Waals surface area (Å²) in [4.78, 5) is 0.309. The summed E-state index contributed by atoms with van der Waals surface area (Å²) in [5.74, 6) is 1.71. The Morgan fingerprint density at radius 1 is 1.13 bits per heavy atom. The number of H-pyrrole nitrogens is 1. The molecule has 1 aliphatic carbocycles. The third-order valence-corrected chi connectivity index (χ3v) is 8.44. The molecule has 0 spiro atoms. The van der Waals surface area contributed by atoms with Gasteiger partial charge in [0.1, 0.15) is 16.7 Å². The number of nitrogens with one attached hydrogen (secondary N) is 1. The molecule has 5 rings (SSSR count). The molecule has 2 aromatic heterocycles. The van der Waals surface area contributed by atoms with Gasteiger partial charge >= 0.3 is 0 Å². The quantitative estimate of drug-likeness (QED) is 0.650. The van der Waals surface area contributed by atoms with Crippen LogP contribution in [-0.2, 0) is 16.6 Å². The number of benzene rings is 1.